The summed E-state index contributed by atoms with van der Waals surface area (Å²) in [6, 6.07) is 6.46. The standard InChI is InChI=1S/C9H10ClIO3S/c1-15(13,14)9(11)8(12)6-2-4-7(10)5-3-6/h2-5,8-9,12H,1H3/t8-,9-/m0/s1. The van der Waals surface area contributed by atoms with E-state index in [1.165, 1.54) is 0 Å². The van der Waals surface area contributed by atoms with Gasteiger partial charge in [-0.3, -0.25) is 0 Å². The molecule has 0 heterocycles. The van der Waals surface area contributed by atoms with Crippen molar-refractivity contribution in [3.8, 4) is 0 Å². The summed E-state index contributed by atoms with van der Waals surface area (Å²) in [5.41, 5.74) is 0.546. The van der Waals surface area contributed by atoms with Crippen LogP contribution >= 0.6 is 34.2 Å². The predicted molar refractivity (Wildman–Crippen MR) is 69.1 cm³/mol. The summed E-state index contributed by atoms with van der Waals surface area (Å²) in [6.07, 6.45) is 0.0707. The highest BCUT2D eigenvalue weighted by Crippen LogP contribution is 2.27. The molecule has 0 aromatic heterocycles. The predicted octanol–water partition coefficient (Wildman–Crippen LogP) is 2.18. The Bertz CT molecular complexity index is 429. The summed E-state index contributed by atoms with van der Waals surface area (Å²) in [6.45, 7) is 0. The average Bonchev–Trinajstić information content (AvgIpc) is 2.15. The van der Waals surface area contributed by atoms with Gasteiger partial charge in [-0.15, -0.1) is 0 Å². The molecule has 84 valence electrons. The first-order valence-corrected chi connectivity index (χ1v) is 7.66. The second-order valence-electron chi connectivity index (χ2n) is 3.18. The van der Waals surface area contributed by atoms with Gasteiger partial charge < -0.3 is 5.11 Å². The van der Waals surface area contributed by atoms with Crippen LogP contribution in [0.5, 0.6) is 0 Å². The van der Waals surface area contributed by atoms with E-state index in [9.17, 15) is 13.5 Å². The molecule has 0 unspecified atom stereocenters. The van der Waals surface area contributed by atoms with Crippen molar-refractivity contribution < 1.29 is 13.5 Å². The molecule has 3 nitrogen and oxygen atoms in total. The van der Waals surface area contributed by atoms with E-state index in [0.29, 0.717) is 10.6 Å². The first kappa shape index (κ1) is 13.2. The number of hydrogen-bond donors (Lipinski definition) is 1. The molecule has 0 spiro atoms. The van der Waals surface area contributed by atoms with Gasteiger partial charge in [-0.05, 0) is 17.7 Å². The van der Waals surface area contributed by atoms with Gasteiger partial charge in [0, 0.05) is 11.3 Å². The molecule has 0 saturated carbocycles. The lowest BCUT2D eigenvalue weighted by Gasteiger charge is -2.15. The highest BCUT2D eigenvalue weighted by atomic mass is 127. The zero-order valence-electron chi connectivity index (χ0n) is 7.89. The summed E-state index contributed by atoms with van der Waals surface area (Å²) in [5.74, 6) is 0. The number of rotatable bonds is 3. The number of aliphatic hydroxyl groups excluding tert-OH is 1. The number of sulfone groups is 1. The quantitative estimate of drug-likeness (QED) is 0.664. The summed E-state index contributed by atoms with van der Waals surface area (Å²) < 4.78 is 21.6. The first-order chi connectivity index (χ1) is 6.82. The van der Waals surface area contributed by atoms with Gasteiger partial charge >= 0.3 is 0 Å². The van der Waals surface area contributed by atoms with Crippen LogP contribution in [0.25, 0.3) is 0 Å². The summed E-state index contributed by atoms with van der Waals surface area (Å²) in [7, 11) is -3.26. The molecule has 15 heavy (non-hydrogen) atoms. The smallest absolute Gasteiger partial charge is 0.162 e. The fourth-order valence-electron chi connectivity index (χ4n) is 1.05. The highest BCUT2D eigenvalue weighted by Gasteiger charge is 2.26. The van der Waals surface area contributed by atoms with Crippen molar-refractivity contribution in [3.05, 3.63) is 34.9 Å². The Morgan fingerprint density at radius 1 is 1.33 bits per heavy atom. The molecule has 1 aromatic carbocycles. The zero-order valence-corrected chi connectivity index (χ0v) is 11.6. The van der Waals surface area contributed by atoms with Crippen molar-refractivity contribution in [2.45, 2.75) is 9.36 Å². The van der Waals surface area contributed by atoms with E-state index in [4.69, 9.17) is 11.6 Å². The minimum absolute atomic E-state index is 0.546. The Hall–Kier alpha value is 0.150. The summed E-state index contributed by atoms with van der Waals surface area (Å²) in [4.78, 5) is 0. The van der Waals surface area contributed by atoms with Crippen LogP contribution in [0.4, 0.5) is 0 Å². The van der Waals surface area contributed by atoms with Crippen LogP contribution in [0.3, 0.4) is 0 Å². The minimum atomic E-state index is -3.26. The summed E-state index contributed by atoms with van der Waals surface area (Å²) >= 11 is 7.40. The van der Waals surface area contributed by atoms with Gasteiger partial charge in [-0.2, -0.15) is 0 Å². The van der Waals surface area contributed by atoms with Gasteiger partial charge in [-0.1, -0.05) is 46.3 Å². The van der Waals surface area contributed by atoms with Crippen molar-refractivity contribution >= 4 is 44.0 Å². The van der Waals surface area contributed by atoms with Crippen LogP contribution in [0.15, 0.2) is 24.3 Å². The fraction of sp³-hybridized carbons (Fsp3) is 0.333. The SMILES string of the molecule is CS(=O)(=O)[C@H](I)[C@@H](O)c1ccc(Cl)cc1. The van der Waals surface area contributed by atoms with Crippen molar-refractivity contribution in [3.63, 3.8) is 0 Å². The third-order valence-corrected chi connectivity index (χ3v) is 6.65. The maximum atomic E-state index is 11.2. The maximum absolute atomic E-state index is 11.2. The lowest BCUT2D eigenvalue weighted by Crippen LogP contribution is -2.21. The molecule has 0 aliphatic carbocycles. The average molecular weight is 361 g/mol. The second-order valence-corrected chi connectivity index (χ2v) is 7.97. The van der Waals surface area contributed by atoms with Gasteiger partial charge in [0.2, 0.25) is 0 Å². The molecule has 0 bridgehead atoms. The molecule has 1 N–H and O–H groups in total. The normalized spacial score (nSPS) is 16.0. The van der Waals surface area contributed by atoms with Crippen molar-refractivity contribution in [1.82, 2.24) is 0 Å². The van der Waals surface area contributed by atoms with Gasteiger partial charge in [-0.25, -0.2) is 8.42 Å². The van der Waals surface area contributed by atoms with E-state index in [2.05, 4.69) is 0 Å². The summed E-state index contributed by atoms with van der Waals surface area (Å²) in [5, 5.41) is 10.3. The van der Waals surface area contributed by atoms with Crippen molar-refractivity contribution in [2.75, 3.05) is 6.26 Å². The third kappa shape index (κ3) is 3.58. The number of aliphatic hydroxyl groups is 1. The van der Waals surface area contributed by atoms with E-state index in [0.717, 1.165) is 6.26 Å². The Morgan fingerprint density at radius 2 is 1.80 bits per heavy atom. The Morgan fingerprint density at radius 3 is 2.20 bits per heavy atom. The molecule has 2 atom stereocenters. The van der Waals surface area contributed by atoms with Crippen LogP contribution in [0.2, 0.25) is 5.02 Å². The fourth-order valence-corrected chi connectivity index (χ4v) is 2.21. The van der Waals surface area contributed by atoms with E-state index in [1.807, 2.05) is 0 Å². The lowest BCUT2D eigenvalue weighted by molar-refractivity contribution is 0.197. The van der Waals surface area contributed by atoms with Crippen LogP contribution in [-0.2, 0) is 9.84 Å². The van der Waals surface area contributed by atoms with E-state index >= 15 is 0 Å². The lowest BCUT2D eigenvalue weighted by atomic mass is 10.1. The molecule has 0 aliphatic heterocycles. The van der Waals surface area contributed by atoms with Crippen LogP contribution in [0, 0.1) is 0 Å². The van der Waals surface area contributed by atoms with Crippen molar-refractivity contribution in [2.24, 2.45) is 0 Å². The Balaban J connectivity index is 2.95. The van der Waals surface area contributed by atoms with E-state index in [-0.39, 0.29) is 0 Å². The number of hydrogen-bond acceptors (Lipinski definition) is 3. The molecule has 0 saturated heterocycles. The first-order valence-electron chi connectivity index (χ1n) is 4.09. The van der Waals surface area contributed by atoms with Crippen molar-refractivity contribution in [1.29, 1.82) is 0 Å². The molecule has 1 rings (SSSR count). The molecular formula is C9H10ClIO3S. The number of benzene rings is 1. The van der Waals surface area contributed by atoms with Gasteiger partial charge in [0.05, 0.1) is 0 Å². The van der Waals surface area contributed by atoms with Gasteiger partial charge in [0.25, 0.3) is 0 Å². The van der Waals surface area contributed by atoms with E-state index < -0.39 is 19.2 Å². The van der Waals surface area contributed by atoms with Crippen LogP contribution in [-0.4, -0.2) is 23.0 Å². The number of halogens is 2. The zero-order chi connectivity index (χ0) is 11.6. The molecule has 0 aliphatic rings. The molecule has 0 fully saturated rings. The van der Waals surface area contributed by atoms with E-state index in [1.54, 1.807) is 46.9 Å². The third-order valence-electron chi connectivity index (χ3n) is 1.87. The van der Waals surface area contributed by atoms with Gasteiger partial charge in [0.1, 0.15) is 9.36 Å². The monoisotopic (exact) mass is 360 g/mol. The molecule has 6 heteroatoms. The Labute approximate surface area is 108 Å². The minimum Gasteiger partial charge on any atom is -0.386 e. The Kier molecular flexibility index (Phi) is 4.39. The topological polar surface area (TPSA) is 54.4 Å². The van der Waals surface area contributed by atoms with Crippen LogP contribution in [0.1, 0.15) is 11.7 Å². The maximum Gasteiger partial charge on any atom is 0.162 e. The second kappa shape index (κ2) is 4.99. The largest absolute Gasteiger partial charge is 0.386 e. The number of alkyl halides is 1. The molecule has 0 radical (unpaired) electrons. The van der Waals surface area contributed by atoms with Crippen LogP contribution < -0.4 is 0 Å². The molecule has 1 aromatic rings. The molecule has 0 amide bonds. The molecular weight excluding hydrogens is 351 g/mol. The highest BCUT2D eigenvalue weighted by molar-refractivity contribution is 14.1. The van der Waals surface area contributed by atoms with Gasteiger partial charge in [0.15, 0.2) is 9.84 Å².